The van der Waals surface area contributed by atoms with Crippen molar-refractivity contribution < 1.29 is 0 Å². The number of hydrogen-bond donors (Lipinski definition) is 1. The van der Waals surface area contributed by atoms with Gasteiger partial charge in [-0.1, -0.05) is 12.8 Å². The number of rotatable bonds is 5. The second-order valence-electron chi connectivity index (χ2n) is 6.52. The van der Waals surface area contributed by atoms with E-state index in [-0.39, 0.29) is 0 Å². The summed E-state index contributed by atoms with van der Waals surface area (Å²) in [7, 11) is 0. The average molecular weight is 236 g/mol. The summed E-state index contributed by atoms with van der Waals surface area (Å²) >= 11 is 0. The van der Waals surface area contributed by atoms with Crippen molar-refractivity contribution in [1.29, 1.82) is 0 Å². The summed E-state index contributed by atoms with van der Waals surface area (Å²) in [5.74, 6) is 1.03. The van der Waals surface area contributed by atoms with Crippen LogP contribution < -0.4 is 5.32 Å². The average Bonchev–Trinajstić information content (AvgIpc) is 2.84. The first-order chi connectivity index (χ1) is 8.34. The second-order valence-corrected chi connectivity index (χ2v) is 6.52. The molecule has 0 radical (unpaired) electrons. The van der Waals surface area contributed by atoms with Crippen molar-refractivity contribution in [3.8, 4) is 0 Å². The zero-order valence-corrected chi connectivity index (χ0v) is 11.3. The standard InChI is InChI=1S/C15H28N2/c1-12(11-16-14-8-9-14)17-10-4-7-15(17)13-5-2-3-6-13/h12-16H,2-11H2,1H3. The molecular formula is C15H28N2. The molecule has 1 N–H and O–H groups in total. The molecule has 0 aromatic carbocycles. The highest BCUT2D eigenvalue weighted by molar-refractivity contribution is 4.91. The summed E-state index contributed by atoms with van der Waals surface area (Å²) in [5, 5.41) is 3.70. The Balaban J connectivity index is 1.52. The van der Waals surface area contributed by atoms with Crippen LogP contribution in [0, 0.1) is 5.92 Å². The van der Waals surface area contributed by atoms with Gasteiger partial charge in [-0.3, -0.25) is 4.90 Å². The molecule has 98 valence electrons. The number of nitrogens with zero attached hydrogens (tertiary/aromatic N) is 1. The fraction of sp³-hybridized carbons (Fsp3) is 1.00. The van der Waals surface area contributed by atoms with E-state index in [1.165, 1.54) is 64.5 Å². The third-order valence-electron chi connectivity index (χ3n) is 5.13. The van der Waals surface area contributed by atoms with Gasteiger partial charge in [-0.2, -0.15) is 0 Å². The molecule has 0 spiro atoms. The maximum atomic E-state index is 3.70. The molecule has 0 bridgehead atoms. The molecule has 2 unspecified atom stereocenters. The van der Waals surface area contributed by atoms with Gasteiger partial charge in [0.25, 0.3) is 0 Å². The monoisotopic (exact) mass is 236 g/mol. The van der Waals surface area contributed by atoms with Crippen LogP contribution in [-0.4, -0.2) is 36.1 Å². The smallest absolute Gasteiger partial charge is 0.0195 e. The molecule has 1 saturated heterocycles. The fourth-order valence-corrected chi connectivity index (χ4v) is 3.95. The zero-order valence-electron chi connectivity index (χ0n) is 11.3. The van der Waals surface area contributed by atoms with E-state index in [0.29, 0.717) is 0 Å². The van der Waals surface area contributed by atoms with Gasteiger partial charge in [-0.25, -0.2) is 0 Å². The molecule has 3 aliphatic rings. The van der Waals surface area contributed by atoms with E-state index in [4.69, 9.17) is 0 Å². The van der Waals surface area contributed by atoms with Gasteiger partial charge in [-0.15, -0.1) is 0 Å². The lowest BCUT2D eigenvalue weighted by molar-refractivity contribution is 0.141. The van der Waals surface area contributed by atoms with Crippen molar-refractivity contribution in [3.63, 3.8) is 0 Å². The van der Waals surface area contributed by atoms with Crippen LogP contribution in [0.1, 0.15) is 58.3 Å². The molecule has 0 amide bonds. The predicted octanol–water partition coefficient (Wildman–Crippen LogP) is 2.78. The summed E-state index contributed by atoms with van der Waals surface area (Å²) in [6, 6.07) is 2.54. The van der Waals surface area contributed by atoms with Crippen molar-refractivity contribution in [2.75, 3.05) is 13.1 Å². The van der Waals surface area contributed by atoms with Crippen molar-refractivity contribution in [1.82, 2.24) is 10.2 Å². The predicted molar refractivity (Wildman–Crippen MR) is 72.2 cm³/mol. The Bertz CT molecular complexity index is 243. The van der Waals surface area contributed by atoms with Crippen LogP contribution >= 0.6 is 0 Å². The van der Waals surface area contributed by atoms with Gasteiger partial charge in [0.2, 0.25) is 0 Å². The van der Waals surface area contributed by atoms with Crippen LogP contribution in [0.5, 0.6) is 0 Å². The minimum absolute atomic E-state index is 0.753. The van der Waals surface area contributed by atoms with Crippen molar-refractivity contribution in [3.05, 3.63) is 0 Å². The van der Waals surface area contributed by atoms with Gasteiger partial charge in [0.05, 0.1) is 0 Å². The van der Waals surface area contributed by atoms with E-state index < -0.39 is 0 Å². The molecule has 0 aromatic heterocycles. The number of nitrogens with one attached hydrogen (secondary N) is 1. The van der Waals surface area contributed by atoms with Gasteiger partial charge in [0.15, 0.2) is 0 Å². The van der Waals surface area contributed by atoms with Crippen LogP contribution in [0.3, 0.4) is 0 Å². The first-order valence-electron chi connectivity index (χ1n) is 7.84. The molecule has 2 saturated carbocycles. The molecule has 17 heavy (non-hydrogen) atoms. The second kappa shape index (κ2) is 5.27. The molecule has 3 rings (SSSR count). The summed E-state index contributed by atoms with van der Waals surface area (Å²) in [5.41, 5.74) is 0. The zero-order chi connectivity index (χ0) is 11.7. The van der Waals surface area contributed by atoms with Crippen molar-refractivity contribution in [2.24, 2.45) is 5.92 Å². The lowest BCUT2D eigenvalue weighted by atomic mass is 9.95. The largest absolute Gasteiger partial charge is 0.312 e. The fourth-order valence-electron chi connectivity index (χ4n) is 3.95. The van der Waals surface area contributed by atoms with Gasteiger partial charge in [0, 0.05) is 24.7 Å². The molecule has 2 nitrogen and oxygen atoms in total. The highest BCUT2D eigenvalue weighted by Crippen LogP contribution is 2.36. The van der Waals surface area contributed by atoms with E-state index in [2.05, 4.69) is 17.1 Å². The lowest BCUT2D eigenvalue weighted by Gasteiger charge is -2.34. The Morgan fingerprint density at radius 2 is 1.82 bits per heavy atom. The maximum absolute atomic E-state index is 3.70. The van der Waals surface area contributed by atoms with Crippen LogP contribution in [0.2, 0.25) is 0 Å². The third-order valence-corrected chi connectivity index (χ3v) is 5.13. The molecule has 2 aliphatic carbocycles. The topological polar surface area (TPSA) is 15.3 Å². The molecule has 3 fully saturated rings. The Labute approximate surface area is 106 Å². The van der Waals surface area contributed by atoms with E-state index in [0.717, 1.165) is 24.0 Å². The number of likely N-dealkylation sites (tertiary alicyclic amines) is 1. The summed E-state index contributed by atoms with van der Waals surface area (Å²) < 4.78 is 0. The highest BCUT2D eigenvalue weighted by atomic mass is 15.2. The van der Waals surface area contributed by atoms with Crippen molar-refractivity contribution >= 4 is 0 Å². The van der Waals surface area contributed by atoms with E-state index in [9.17, 15) is 0 Å². The molecule has 1 heterocycles. The van der Waals surface area contributed by atoms with Crippen molar-refractivity contribution in [2.45, 2.75) is 76.4 Å². The van der Waals surface area contributed by atoms with Crippen LogP contribution in [0.15, 0.2) is 0 Å². The maximum Gasteiger partial charge on any atom is 0.0195 e. The molecule has 1 aliphatic heterocycles. The lowest BCUT2D eigenvalue weighted by Crippen LogP contribution is -2.45. The summed E-state index contributed by atoms with van der Waals surface area (Å²) in [6.07, 6.45) is 11.7. The van der Waals surface area contributed by atoms with Crippen LogP contribution in [-0.2, 0) is 0 Å². The quantitative estimate of drug-likeness (QED) is 0.789. The summed E-state index contributed by atoms with van der Waals surface area (Å²) in [4.78, 5) is 2.82. The van der Waals surface area contributed by atoms with Gasteiger partial charge < -0.3 is 5.32 Å². The van der Waals surface area contributed by atoms with Gasteiger partial charge >= 0.3 is 0 Å². The molecule has 2 heteroatoms. The van der Waals surface area contributed by atoms with E-state index in [1.54, 1.807) is 0 Å². The molecule has 0 aromatic rings. The number of hydrogen-bond acceptors (Lipinski definition) is 2. The first kappa shape index (κ1) is 12.0. The Hall–Kier alpha value is -0.0800. The van der Waals surface area contributed by atoms with Gasteiger partial charge in [-0.05, 0) is 57.9 Å². The molecule has 2 atom stereocenters. The minimum Gasteiger partial charge on any atom is -0.312 e. The summed E-state index contributed by atoms with van der Waals surface area (Å²) in [6.45, 7) is 5.01. The first-order valence-corrected chi connectivity index (χ1v) is 7.84. The molecular weight excluding hydrogens is 208 g/mol. The van der Waals surface area contributed by atoms with E-state index >= 15 is 0 Å². The Morgan fingerprint density at radius 1 is 1.06 bits per heavy atom. The third kappa shape index (κ3) is 2.85. The van der Waals surface area contributed by atoms with E-state index in [1.807, 2.05) is 0 Å². The Morgan fingerprint density at radius 3 is 2.53 bits per heavy atom. The van der Waals surface area contributed by atoms with Crippen LogP contribution in [0.4, 0.5) is 0 Å². The van der Waals surface area contributed by atoms with Crippen LogP contribution in [0.25, 0.3) is 0 Å². The van der Waals surface area contributed by atoms with Gasteiger partial charge in [0.1, 0.15) is 0 Å². The normalized spacial score (nSPS) is 33.4. The SMILES string of the molecule is CC(CNC1CC1)N1CCCC1C1CCCC1. The Kier molecular flexibility index (Phi) is 3.72. The minimum atomic E-state index is 0.753. The highest BCUT2D eigenvalue weighted by Gasteiger charge is 2.35.